The molecule has 0 aliphatic carbocycles. The molecule has 0 unspecified atom stereocenters. The average Bonchev–Trinajstić information content (AvgIpc) is 1.95. The quantitative estimate of drug-likeness (QED) is 0.708. The van der Waals surface area contributed by atoms with Crippen LogP contribution in [-0.2, 0) is 15.5 Å². The number of piperidine rings is 1. The lowest BCUT2D eigenvalue weighted by molar-refractivity contribution is -0.289. The van der Waals surface area contributed by atoms with Crippen LogP contribution in [0.2, 0.25) is 0 Å². The first-order chi connectivity index (χ1) is 6.94. The van der Waals surface area contributed by atoms with Gasteiger partial charge in [0.15, 0.2) is 0 Å². The summed E-state index contributed by atoms with van der Waals surface area (Å²) in [5, 5.41) is 13.0. The van der Waals surface area contributed by atoms with Gasteiger partial charge >= 0.3 is 10.3 Å². The molecule has 0 amide bonds. The molecule has 0 spiro atoms. The van der Waals surface area contributed by atoms with Crippen molar-refractivity contribution >= 4 is 10.3 Å². The van der Waals surface area contributed by atoms with Gasteiger partial charge in [-0.2, -0.15) is 13.1 Å². The number of hydroxylamine groups is 2. The minimum absolute atomic E-state index is 0.375. The highest BCUT2D eigenvalue weighted by atomic mass is 32.2. The first kappa shape index (κ1) is 13.9. The Morgan fingerprint density at radius 3 is 1.88 bits per heavy atom. The summed E-state index contributed by atoms with van der Waals surface area (Å²) in [5.41, 5.74) is -1.30. The molecule has 1 rings (SSSR count). The van der Waals surface area contributed by atoms with E-state index in [9.17, 15) is 13.6 Å². The van der Waals surface area contributed by atoms with Crippen LogP contribution in [0, 0.1) is 0 Å². The molecular formula is C9H19N2O4S. The van der Waals surface area contributed by atoms with Gasteiger partial charge in [-0.05, 0) is 40.5 Å². The lowest BCUT2D eigenvalue weighted by Crippen LogP contribution is -2.62. The van der Waals surface area contributed by atoms with Crippen molar-refractivity contribution in [2.24, 2.45) is 0 Å². The molecule has 1 radical (unpaired) electrons. The Labute approximate surface area is 96.5 Å². The molecule has 1 heterocycles. The summed E-state index contributed by atoms with van der Waals surface area (Å²) < 4.78 is 32.4. The van der Waals surface area contributed by atoms with Crippen molar-refractivity contribution < 1.29 is 18.2 Å². The van der Waals surface area contributed by atoms with E-state index in [1.807, 2.05) is 0 Å². The van der Waals surface area contributed by atoms with Crippen molar-refractivity contribution in [1.82, 2.24) is 9.79 Å². The largest absolute Gasteiger partial charge is 0.333 e. The maximum absolute atomic E-state index is 12.0. The van der Waals surface area contributed by atoms with Crippen molar-refractivity contribution in [3.63, 3.8) is 0 Å². The first-order valence-corrected chi connectivity index (χ1v) is 6.60. The van der Waals surface area contributed by atoms with Crippen LogP contribution in [0.5, 0.6) is 0 Å². The Kier molecular flexibility index (Phi) is 3.39. The fourth-order valence-corrected chi connectivity index (χ4v) is 3.15. The molecule has 0 aromatic heterocycles. The van der Waals surface area contributed by atoms with Gasteiger partial charge in [0.25, 0.3) is 0 Å². The predicted octanol–water partition coefficient (Wildman–Crippen LogP) is 0.746. The zero-order valence-corrected chi connectivity index (χ0v) is 10.8. The molecule has 16 heavy (non-hydrogen) atoms. The third kappa shape index (κ3) is 3.14. The highest BCUT2D eigenvalue weighted by Crippen LogP contribution is 2.37. The normalized spacial score (nSPS) is 26.9. The number of nitrogens with one attached hydrogen (secondary N) is 1. The Morgan fingerprint density at radius 2 is 1.56 bits per heavy atom. The molecule has 1 aliphatic heterocycles. The van der Waals surface area contributed by atoms with Crippen LogP contribution < -0.4 is 4.72 Å². The maximum Gasteiger partial charge on any atom is 0.333 e. The van der Waals surface area contributed by atoms with Gasteiger partial charge in [-0.3, -0.25) is 4.55 Å². The Hall–Kier alpha value is -0.210. The zero-order chi connectivity index (χ0) is 12.8. The monoisotopic (exact) mass is 251 g/mol. The molecule has 1 saturated heterocycles. The topological polar surface area (TPSA) is 89.5 Å². The highest BCUT2D eigenvalue weighted by Gasteiger charge is 2.46. The van der Waals surface area contributed by atoms with Gasteiger partial charge in [0.05, 0.1) is 0 Å². The van der Waals surface area contributed by atoms with E-state index in [1.165, 1.54) is 0 Å². The molecule has 1 aliphatic rings. The highest BCUT2D eigenvalue weighted by molar-refractivity contribution is 7.83. The van der Waals surface area contributed by atoms with Gasteiger partial charge in [0.2, 0.25) is 0 Å². The first-order valence-electron chi connectivity index (χ1n) is 5.16. The third-order valence-electron chi connectivity index (χ3n) is 2.91. The van der Waals surface area contributed by atoms with Gasteiger partial charge in [-0.25, -0.2) is 0 Å². The third-order valence-corrected chi connectivity index (χ3v) is 3.54. The molecule has 0 atom stereocenters. The summed E-state index contributed by atoms with van der Waals surface area (Å²) in [7, 11) is -4.21. The number of nitrogens with zero attached hydrogens (tertiary/aromatic N) is 1. The fraction of sp³-hybridized carbons (Fsp3) is 1.00. The molecule has 6 nitrogen and oxygen atoms in total. The minimum atomic E-state index is -4.21. The molecule has 1 fully saturated rings. The Bertz CT molecular complexity index is 346. The van der Waals surface area contributed by atoms with E-state index in [4.69, 9.17) is 4.55 Å². The molecule has 0 aromatic carbocycles. The van der Waals surface area contributed by atoms with Crippen molar-refractivity contribution in [1.29, 1.82) is 0 Å². The van der Waals surface area contributed by atoms with Gasteiger partial charge in [0.1, 0.15) is 0 Å². The van der Waals surface area contributed by atoms with Gasteiger partial charge in [-0.1, -0.05) is 0 Å². The van der Waals surface area contributed by atoms with E-state index >= 15 is 0 Å². The summed E-state index contributed by atoms with van der Waals surface area (Å²) in [6.45, 7) is 7.05. The smallest absolute Gasteiger partial charge is 0.273 e. The van der Waals surface area contributed by atoms with Crippen LogP contribution in [0.15, 0.2) is 0 Å². The van der Waals surface area contributed by atoms with E-state index < -0.39 is 27.4 Å². The van der Waals surface area contributed by atoms with E-state index in [-0.39, 0.29) is 0 Å². The second-order valence-electron chi connectivity index (χ2n) is 5.62. The summed E-state index contributed by atoms with van der Waals surface area (Å²) in [6, 6.07) is -0.412. The standard InChI is InChI=1S/C9H19N2O4S/c1-8(2)5-7(10-16(13,14)15)6-9(3,4)11(8)12/h7,10H,5-6H2,1-4H3,(H,13,14,15). The summed E-state index contributed by atoms with van der Waals surface area (Å²) in [5.74, 6) is 0. The molecular weight excluding hydrogens is 232 g/mol. The summed E-state index contributed by atoms with van der Waals surface area (Å²) in [4.78, 5) is 0. The van der Waals surface area contributed by atoms with Gasteiger partial charge in [0, 0.05) is 17.1 Å². The van der Waals surface area contributed by atoms with Crippen LogP contribution in [0.1, 0.15) is 40.5 Å². The van der Waals surface area contributed by atoms with E-state index in [0.29, 0.717) is 12.8 Å². The number of rotatable bonds is 2. The van der Waals surface area contributed by atoms with Crippen LogP contribution >= 0.6 is 0 Å². The lowest BCUT2D eigenvalue weighted by Gasteiger charge is -2.49. The molecule has 0 saturated carbocycles. The average molecular weight is 251 g/mol. The van der Waals surface area contributed by atoms with Crippen LogP contribution in [0.3, 0.4) is 0 Å². The van der Waals surface area contributed by atoms with Crippen LogP contribution in [0.4, 0.5) is 0 Å². The number of hydrogen-bond acceptors (Lipinski definition) is 3. The molecule has 0 bridgehead atoms. The van der Waals surface area contributed by atoms with Gasteiger partial charge in [-0.15, -0.1) is 10.3 Å². The van der Waals surface area contributed by atoms with Crippen LogP contribution in [-0.4, -0.2) is 35.2 Å². The van der Waals surface area contributed by atoms with E-state index in [1.54, 1.807) is 27.7 Å². The molecule has 95 valence electrons. The van der Waals surface area contributed by atoms with Crippen molar-refractivity contribution in [2.45, 2.75) is 57.7 Å². The van der Waals surface area contributed by atoms with Crippen molar-refractivity contribution in [2.75, 3.05) is 0 Å². The summed E-state index contributed by atoms with van der Waals surface area (Å²) >= 11 is 0. The summed E-state index contributed by atoms with van der Waals surface area (Å²) in [6.07, 6.45) is 0.749. The Morgan fingerprint density at radius 1 is 1.19 bits per heavy atom. The van der Waals surface area contributed by atoms with Crippen molar-refractivity contribution in [3.05, 3.63) is 0 Å². The predicted molar refractivity (Wildman–Crippen MR) is 58.4 cm³/mol. The SMILES string of the molecule is CC1(C)CC(NS(=O)(=O)O)CC(C)(C)N1[O]. The Balaban J connectivity index is 2.87. The van der Waals surface area contributed by atoms with E-state index in [0.717, 1.165) is 5.06 Å². The fourth-order valence-electron chi connectivity index (χ4n) is 2.56. The molecule has 7 heteroatoms. The zero-order valence-electron chi connectivity index (χ0n) is 10.0. The van der Waals surface area contributed by atoms with Gasteiger partial charge < -0.3 is 0 Å². The number of hydrogen-bond donors (Lipinski definition) is 2. The molecule has 0 aromatic rings. The second-order valence-corrected chi connectivity index (χ2v) is 6.80. The van der Waals surface area contributed by atoms with Crippen molar-refractivity contribution in [3.8, 4) is 0 Å². The second kappa shape index (κ2) is 3.92. The maximum atomic E-state index is 12.0. The lowest BCUT2D eigenvalue weighted by atomic mass is 9.79. The van der Waals surface area contributed by atoms with Crippen LogP contribution in [0.25, 0.3) is 0 Å². The van der Waals surface area contributed by atoms with E-state index in [2.05, 4.69) is 4.72 Å². The molecule has 2 N–H and O–H groups in total. The minimum Gasteiger partial charge on any atom is -0.273 e.